The van der Waals surface area contributed by atoms with Crippen molar-refractivity contribution in [3.05, 3.63) is 70.6 Å². The highest BCUT2D eigenvalue weighted by Crippen LogP contribution is 2.20. The molecule has 0 radical (unpaired) electrons. The maximum absolute atomic E-state index is 12.5. The van der Waals surface area contributed by atoms with Gasteiger partial charge in [-0.25, -0.2) is 4.79 Å². The molecule has 1 aromatic heterocycles. The highest BCUT2D eigenvalue weighted by Gasteiger charge is 2.21. The zero-order valence-electron chi connectivity index (χ0n) is 23.3. The summed E-state index contributed by atoms with van der Waals surface area (Å²) < 4.78 is 3.86. The first-order valence-electron chi connectivity index (χ1n) is 14.2. The van der Waals surface area contributed by atoms with Gasteiger partial charge < -0.3 is 15.3 Å². The molecular weight excluding hydrogens is 524 g/mol. The van der Waals surface area contributed by atoms with Crippen molar-refractivity contribution >= 4 is 29.3 Å². The summed E-state index contributed by atoms with van der Waals surface area (Å²) in [6, 6.07) is 14.4. The van der Waals surface area contributed by atoms with Crippen molar-refractivity contribution in [2.75, 3.05) is 6.54 Å². The van der Waals surface area contributed by atoms with E-state index in [-0.39, 0.29) is 19.0 Å². The molecule has 3 aromatic rings. The van der Waals surface area contributed by atoms with E-state index in [0.717, 1.165) is 35.2 Å². The number of benzene rings is 2. The number of nitrogens with zero attached hydrogens (tertiary/aromatic N) is 3. The molecule has 0 spiro atoms. The predicted molar refractivity (Wildman–Crippen MR) is 158 cm³/mol. The molecule has 0 aliphatic heterocycles. The van der Waals surface area contributed by atoms with Crippen molar-refractivity contribution < 1.29 is 19.5 Å². The van der Waals surface area contributed by atoms with Crippen LogP contribution < -0.4 is 5.32 Å². The molecule has 40 heavy (non-hydrogen) atoms. The topological polar surface area (TPSA) is 112 Å². The number of amides is 2. The average molecular weight is 565 g/mol. The molecule has 8 nitrogen and oxygen atoms in total. The summed E-state index contributed by atoms with van der Waals surface area (Å²) in [6.07, 6.45) is 12.5. The minimum Gasteiger partial charge on any atom is -0.474 e. The summed E-state index contributed by atoms with van der Waals surface area (Å²) in [6.45, 7) is 3.14. The SMILES string of the molecule is CCCCCCCCCCCCNC(=O)c1ccc(CN(Cc2ccc(-c3csnn3)cc2)C(=O)C(=O)O)cc1. The predicted octanol–water partition coefficient (Wildman–Crippen LogP) is 6.47. The molecule has 2 aromatic carbocycles. The minimum absolute atomic E-state index is 0.114. The van der Waals surface area contributed by atoms with Gasteiger partial charge in [0.25, 0.3) is 5.91 Å². The van der Waals surface area contributed by atoms with E-state index in [1.165, 1.54) is 67.8 Å². The van der Waals surface area contributed by atoms with E-state index >= 15 is 0 Å². The summed E-state index contributed by atoms with van der Waals surface area (Å²) in [5.74, 6) is -2.62. The van der Waals surface area contributed by atoms with Gasteiger partial charge in [-0.15, -0.1) is 5.10 Å². The first-order valence-corrected chi connectivity index (χ1v) is 15.1. The third-order valence-electron chi connectivity index (χ3n) is 6.86. The third kappa shape index (κ3) is 10.5. The van der Waals surface area contributed by atoms with Crippen LogP contribution in [0.4, 0.5) is 0 Å². The van der Waals surface area contributed by atoms with Gasteiger partial charge in [-0.2, -0.15) is 0 Å². The number of carboxylic acids is 1. The van der Waals surface area contributed by atoms with Crippen LogP contribution in [-0.4, -0.2) is 43.9 Å². The van der Waals surface area contributed by atoms with Crippen LogP contribution in [0.1, 0.15) is 92.6 Å². The lowest BCUT2D eigenvalue weighted by molar-refractivity contribution is -0.156. The second kappa shape index (κ2) is 17.2. The molecule has 0 saturated heterocycles. The zero-order chi connectivity index (χ0) is 28.6. The van der Waals surface area contributed by atoms with Crippen LogP contribution in [0, 0.1) is 0 Å². The number of rotatable bonds is 17. The number of aromatic nitrogens is 2. The second-order valence-corrected chi connectivity index (χ2v) is 10.7. The van der Waals surface area contributed by atoms with Crippen LogP contribution in [0.15, 0.2) is 53.9 Å². The van der Waals surface area contributed by atoms with Crippen molar-refractivity contribution in [2.45, 2.75) is 84.2 Å². The lowest BCUT2D eigenvalue weighted by Gasteiger charge is -2.21. The molecule has 0 bridgehead atoms. The molecule has 0 saturated carbocycles. The molecule has 1 heterocycles. The van der Waals surface area contributed by atoms with Gasteiger partial charge in [0.1, 0.15) is 5.69 Å². The Morgan fingerprint density at radius 1 is 0.800 bits per heavy atom. The standard InChI is InChI=1S/C31H40N4O4S/c1-2-3-4-5-6-7-8-9-10-11-20-32-29(36)27-18-14-25(15-19-27)22-35(30(37)31(38)39)21-24-12-16-26(17-13-24)28-23-40-34-33-28/h12-19,23H,2-11,20-22H2,1H3,(H,32,36)(H,38,39). The van der Waals surface area contributed by atoms with E-state index in [1.54, 1.807) is 24.3 Å². The molecule has 0 unspecified atom stereocenters. The van der Waals surface area contributed by atoms with Crippen LogP contribution in [0.2, 0.25) is 0 Å². The highest BCUT2D eigenvalue weighted by atomic mass is 32.1. The van der Waals surface area contributed by atoms with E-state index in [0.29, 0.717) is 12.1 Å². The molecule has 0 fully saturated rings. The fourth-order valence-corrected chi connectivity index (χ4v) is 4.99. The Morgan fingerprint density at radius 2 is 1.35 bits per heavy atom. The number of hydrogen-bond donors (Lipinski definition) is 2. The Balaban J connectivity index is 1.43. The number of nitrogens with one attached hydrogen (secondary N) is 1. The number of carbonyl (C=O) groups is 3. The van der Waals surface area contributed by atoms with Gasteiger partial charge in [0.2, 0.25) is 0 Å². The molecule has 0 aliphatic rings. The highest BCUT2D eigenvalue weighted by molar-refractivity contribution is 7.03. The molecule has 3 rings (SSSR count). The van der Waals surface area contributed by atoms with E-state index in [9.17, 15) is 19.5 Å². The lowest BCUT2D eigenvalue weighted by atomic mass is 10.1. The third-order valence-corrected chi connectivity index (χ3v) is 7.36. The quantitative estimate of drug-likeness (QED) is 0.144. The van der Waals surface area contributed by atoms with Crippen LogP contribution in [0.25, 0.3) is 11.3 Å². The number of hydrogen-bond acceptors (Lipinski definition) is 6. The Labute approximate surface area is 241 Å². The van der Waals surface area contributed by atoms with Crippen LogP contribution in [0.3, 0.4) is 0 Å². The van der Waals surface area contributed by atoms with E-state index in [4.69, 9.17) is 0 Å². The number of carboxylic acid groups (broad SMARTS) is 1. The van der Waals surface area contributed by atoms with Gasteiger partial charge in [0.05, 0.1) is 0 Å². The molecule has 0 atom stereocenters. The van der Waals surface area contributed by atoms with Gasteiger partial charge in [0, 0.05) is 36.1 Å². The van der Waals surface area contributed by atoms with Crippen molar-refractivity contribution in [2.24, 2.45) is 0 Å². The normalized spacial score (nSPS) is 10.8. The van der Waals surface area contributed by atoms with Gasteiger partial charge >= 0.3 is 11.9 Å². The average Bonchev–Trinajstić information content (AvgIpc) is 3.51. The largest absolute Gasteiger partial charge is 0.474 e. The van der Waals surface area contributed by atoms with Gasteiger partial charge in [0.15, 0.2) is 0 Å². The summed E-state index contributed by atoms with van der Waals surface area (Å²) in [5.41, 5.74) is 3.74. The summed E-state index contributed by atoms with van der Waals surface area (Å²) in [7, 11) is 0. The van der Waals surface area contributed by atoms with E-state index in [2.05, 4.69) is 21.8 Å². The fourth-order valence-electron chi connectivity index (χ4n) is 4.52. The first kappa shape index (κ1) is 30.9. The molecule has 9 heteroatoms. The van der Waals surface area contributed by atoms with Crippen molar-refractivity contribution in [3.63, 3.8) is 0 Å². The molecule has 2 amide bonds. The molecule has 2 N–H and O–H groups in total. The van der Waals surface area contributed by atoms with Crippen molar-refractivity contribution in [1.82, 2.24) is 19.8 Å². The summed E-state index contributed by atoms with van der Waals surface area (Å²) >= 11 is 1.27. The maximum atomic E-state index is 12.5. The van der Waals surface area contributed by atoms with Crippen LogP contribution >= 0.6 is 11.5 Å². The molecular formula is C31H40N4O4S. The number of aliphatic carboxylic acids is 1. The Bertz CT molecular complexity index is 1180. The van der Waals surface area contributed by atoms with Crippen molar-refractivity contribution in [1.29, 1.82) is 0 Å². The lowest BCUT2D eigenvalue weighted by Crippen LogP contribution is -2.35. The second-order valence-electron chi connectivity index (χ2n) is 10.1. The Kier molecular flexibility index (Phi) is 13.3. The first-order chi connectivity index (χ1) is 19.5. The summed E-state index contributed by atoms with van der Waals surface area (Å²) in [4.78, 5) is 37.7. The van der Waals surface area contributed by atoms with E-state index < -0.39 is 11.9 Å². The summed E-state index contributed by atoms with van der Waals surface area (Å²) in [5, 5.41) is 18.2. The monoisotopic (exact) mass is 564 g/mol. The number of unbranched alkanes of at least 4 members (excludes halogenated alkanes) is 9. The van der Waals surface area contributed by atoms with Crippen LogP contribution in [0.5, 0.6) is 0 Å². The molecule has 0 aliphatic carbocycles. The maximum Gasteiger partial charge on any atom is 0.394 e. The molecule has 214 valence electrons. The van der Waals surface area contributed by atoms with Crippen LogP contribution in [-0.2, 0) is 22.7 Å². The Hall–Kier alpha value is -3.59. The Morgan fingerprint density at radius 3 is 1.88 bits per heavy atom. The van der Waals surface area contributed by atoms with E-state index in [1.807, 2.05) is 29.6 Å². The minimum atomic E-state index is -1.51. The van der Waals surface area contributed by atoms with Gasteiger partial charge in [-0.05, 0) is 41.2 Å². The zero-order valence-corrected chi connectivity index (χ0v) is 24.1. The van der Waals surface area contributed by atoms with Gasteiger partial charge in [-0.3, -0.25) is 9.59 Å². The van der Waals surface area contributed by atoms with Crippen molar-refractivity contribution in [3.8, 4) is 11.3 Å². The smallest absolute Gasteiger partial charge is 0.394 e. The fraction of sp³-hybridized carbons (Fsp3) is 0.452. The van der Waals surface area contributed by atoms with Gasteiger partial charge in [-0.1, -0.05) is 106 Å². The number of carbonyl (C=O) groups excluding carboxylic acids is 2.